The van der Waals surface area contributed by atoms with E-state index in [-0.39, 0.29) is 0 Å². The lowest BCUT2D eigenvalue weighted by atomic mass is 10.4. The number of hydrogen-bond donors (Lipinski definition) is 2. The minimum absolute atomic E-state index is 0.795. The molecule has 6 heteroatoms. The molecule has 2 rings (SSSR count). The highest BCUT2D eigenvalue weighted by atomic mass is 32.2. The number of anilines is 2. The summed E-state index contributed by atoms with van der Waals surface area (Å²) >= 11 is 1.56. The molecule has 0 amide bonds. The predicted molar refractivity (Wildman–Crippen MR) is 82.1 cm³/mol. The van der Waals surface area contributed by atoms with Gasteiger partial charge in [-0.15, -0.1) is 0 Å². The Labute approximate surface area is 119 Å². The molecule has 0 atom stereocenters. The number of nitrogens with zero attached hydrogens (tertiary/aromatic N) is 3. The first kappa shape index (κ1) is 14.4. The van der Waals surface area contributed by atoms with Crippen LogP contribution >= 0.6 is 11.8 Å². The van der Waals surface area contributed by atoms with E-state index in [1.165, 1.54) is 12.8 Å². The van der Waals surface area contributed by atoms with Gasteiger partial charge in [-0.2, -0.15) is 0 Å². The summed E-state index contributed by atoms with van der Waals surface area (Å²) in [5.74, 6) is 1.76. The Morgan fingerprint density at radius 3 is 2.68 bits per heavy atom. The van der Waals surface area contributed by atoms with Crippen molar-refractivity contribution in [3.63, 3.8) is 0 Å². The molecule has 106 valence electrons. The fourth-order valence-electron chi connectivity index (χ4n) is 2.10. The topological polar surface area (TPSA) is 53.1 Å². The van der Waals surface area contributed by atoms with Gasteiger partial charge in [0.25, 0.3) is 0 Å². The van der Waals surface area contributed by atoms with Gasteiger partial charge >= 0.3 is 0 Å². The molecule has 19 heavy (non-hydrogen) atoms. The Morgan fingerprint density at radius 2 is 2.11 bits per heavy atom. The van der Waals surface area contributed by atoms with Crippen molar-refractivity contribution in [1.29, 1.82) is 0 Å². The van der Waals surface area contributed by atoms with Crippen molar-refractivity contribution in [3.05, 3.63) is 6.07 Å². The molecular formula is C13H23N5S. The monoisotopic (exact) mass is 281 g/mol. The highest BCUT2D eigenvalue weighted by Gasteiger charge is 2.27. The number of nitrogens with one attached hydrogen (secondary N) is 2. The number of thioether (sulfide) groups is 1. The van der Waals surface area contributed by atoms with E-state index in [0.29, 0.717) is 0 Å². The smallest absolute Gasteiger partial charge is 0.191 e. The molecule has 1 aromatic rings. The number of aromatic nitrogens is 2. The van der Waals surface area contributed by atoms with Crippen LogP contribution in [0.25, 0.3) is 0 Å². The van der Waals surface area contributed by atoms with Crippen LogP contribution in [0.4, 0.5) is 11.6 Å². The van der Waals surface area contributed by atoms with Crippen LogP contribution in [0, 0.1) is 0 Å². The fraction of sp³-hybridized carbons (Fsp3) is 0.692. The average Bonchev–Trinajstić information content (AvgIpc) is 3.27. The Hall–Kier alpha value is -1.01. The van der Waals surface area contributed by atoms with Crippen LogP contribution in [-0.2, 0) is 0 Å². The number of hydrogen-bond acceptors (Lipinski definition) is 6. The van der Waals surface area contributed by atoms with Crippen LogP contribution in [0.1, 0.15) is 19.8 Å². The van der Waals surface area contributed by atoms with E-state index >= 15 is 0 Å². The van der Waals surface area contributed by atoms with Gasteiger partial charge < -0.3 is 10.6 Å². The third-order valence-electron chi connectivity index (χ3n) is 3.32. The van der Waals surface area contributed by atoms with Gasteiger partial charge in [-0.25, -0.2) is 9.97 Å². The lowest BCUT2D eigenvalue weighted by Gasteiger charge is -2.20. The van der Waals surface area contributed by atoms with Crippen molar-refractivity contribution < 1.29 is 0 Å². The van der Waals surface area contributed by atoms with Crippen LogP contribution < -0.4 is 10.6 Å². The molecule has 1 saturated carbocycles. The molecule has 0 aromatic carbocycles. The van der Waals surface area contributed by atoms with Gasteiger partial charge in [-0.05, 0) is 25.6 Å². The molecule has 1 heterocycles. The van der Waals surface area contributed by atoms with Crippen molar-refractivity contribution in [3.8, 4) is 0 Å². The molecular weight excluding hydrogens is 258 g/mol. The zero-order valence-electron chi connectivity index (χ0n) is 11.9. The maximum absolute atomic E-state index is 4.47. The summed E-state index contributed by atoms with van der Waals surface area (Å²) in [4.78, 5) is 11.4. The molecule has 2 N–H and O–H groups in total. The Bertz CT molecular complexity index is 386. The van der Waals surface area contributed by atoms with Gasteiger partial charge in [0.05, 0.1) is 0 Å². The van der Waals surface area contributed by atoms with Crippen molar-refractivity contribution >= 4 is 23.4 Å². The van der Waals surface area contributed by atoms with Gasteiger partial charge in [0.15, 0.2) is 5.16 Å². The second kappa shape index (κ2) is 6.96. The minimum atomic E-state index is 0.795. The first-order valence-electron chi connectivity index (χ1n) is 6.85. The molecule has 0 radical (unpaired) electrons. The summed E-state index contributed by atoms with van der Waals surface area (Å²) in [6.45, 7) is 5.37. The first-order chi connectivity index (χ1) is 9.26. The highest BCUT2D eigenvalue weighted by Crippen LogP contribution is 2.26. The van der Waals surface area contributed by atoms with Gasteiger partial charge in [-0.3, -0.25) is 4.90 Å². The van der Waals surface area contributed by atoms with Crippen LogP contribution in [0.5, 0.6) is 0 Å². The van der Waals surface area contributed by atoms with Gasteiger partial charge in [0.1, 0.15) is 11.6 Å². The van der Waals surface area contributed by atoms with Crippen molar-refractivity contribution in [2.75, 3.05) is 43.6 Å². The molecule has 1 aromatic heterocycles. The molecule has 5 nitrogen and oxygen atoms in total. The van der Waals surface area contributed by atoms with Crippen LogP contribution in [-0.4, -0.2) is 53.8 Å². The molecule has 0 bridgehead atoms. The van der Waals surface area contributed by atoms with E-state index in [0.717, 1.165) is 42.5 Å². The van der Waals surface area contributed by atoms with Gasteiger partial charge in [0, 0.05) is 32.2 Å². The Balaban J connectivity index is 1.87. The molecule has 1 aliphatic carbocycles. The Morgan fingerprint density at radius 1 is 1.37 bits per heavy atom. The number of rotatable bonds is 8. The Kier molecular flexibility index (Phi) is 5.27. The molecule has 0 saturated heterocycles. The quantitative estimate of drug-likeness (QED) is 0.562. The summed E-state index contributed by atoms with van der Waals surface area (Å²) < 4.78 is 0. The van der Waals surface area contributed by atoms with E-state index in [4.69, 9.17) is 0 Å². The molecule has 1 aliphatic rings. The van der Waals surface area contributed by atoms with Crippen LogP contribution in [0.15, 0.2) is 11.2 Å². The lowest BCUT2D eigenvalue weighted by Crippen LogP contribution is -2.31. The van der Waals surface area contributed by atoms with Crippen molar-refractivity contribution in [2.24, 2.45) is 0 Å². The van der Waals surface area contributed by atoms with E-state index in [1.54, 1.807) is 11.8 Å². The normalized spacial score (nSPS) is 14.7. The SMILES string of the molecule is CCN(CCNc1cc(NC)nc(SC)n1)C1CC1. The first-order valence-corrected chi connectivity index (χ1v) is 8.08. The zero-order valence-corrected chi connectivity index (χ0v) is 12.8. The van der Waals surface area contributed by atoms with Gasteiger partial charge in [-0.1, -0.05) is 18.7 Å². The summed E-state index contributed by atoms with van der Waals surface area (Å²) in [6.07, 6.45) is 4.72. The fourth-order valence-corrected chi connectivity index (χ4v) is 2.48. The standard InChI is InChI=1S/C13H23N5S/c1-4-18(10-5-6-10)8-7-15-12-9-11(14-2)16-13(17-12)19-3/h9-10H,4-8H2,1-3H3,(H2,14,15,16,17). The second-order valence-corrected chi connectivity index (χ2v) is 5.44. The second-order valence-electron chi connectivity index (χ2n) is 4.66. The largest absolute Gasteiger partial charge is 0.373 e. The highest BCUT2D eigenvalue weighted by molar-refractivity contribution is 7.98. The molecule has 0 unspecified atom stereocenters. The van der Waals surface area contributed by atoms with E-state index < -0.39 is 0 Å². The molecule has 1 fully saturated rings. The average molecular weight is 281 g/mol. The predicted octanol–water partition coefficient (Wildman–Crippen LogP) is 2.14. The summed E-state index contributed by atoms with van der Waals surface area (Å²) in [6, 6.07) is 2.78. The van der Waals surface area contributed by atoms with Crippen molar-refractivity contribution in [1.82, 2.24) is 14.9 Å². The molecule has 0 aliphatic heterocycles. The number of likely N-dealkylation sites (N-methyl/N-ethyl adjacent to an activating group) is 1. The van der Waals surface area contributed by atoms with Crippen LogP contribution in [0.2, 0.25) is 0 Å². The van der Waals surface area contributed by atoms with E-state index in [9.17, 15) is 0 Å². The zero-order chi connectivity index (χ0) is 13.7. The van der Waals surface area contributed by atoms with E-state index in [2.05, 4.69) is 32.4 Å². The van der Waals surface area contributed by atoms with E-state index in [1.807, 2.05) is 19.4 Å². The summed E-state index contributed by atoms with van der Waals surface area (Å²) in [5, 5.41) is 7.26. The third-order valence-corrected chi connectivity index (χ3v) is 3.87. The maximum Gasteiger partial charge on any atom is 0.191 e. The minimum Gasteiger partial charge on any atom is -0.373 e. The lowest BCUT2D eigenvalue weighted by molar-refractivity contribution is 0.289. The van der Waals surface area contributed by atoms with Gasteiger partial charge in [0.2, 0.25) is 0 Å². The summed E-state index contributed by atoms with van der Waals surface area (Å²) in [5.41, 5.74) is 0. The third kappa shape index (κ3) is 4.24. The summed E-state index contributed by atoms with van der Waals surface area (Å²) in [7, 11) is 1.88. The van der Waals surface area contributed by atoms with Crippen LogP contribution in [0.3, 0.4) is 0 Å². The molecule has 0 spiro atoms. The maximum atomic E-state index is 4.47. The van der Waals surface area contributed by atoms with Crippen molar-refractivity contribution in [2.45, 2.75) is 31.0 Å².